The fourth-order valence-electron chi connectivity index (χ4n) is 2.07. The molecule has 2 aromatic heterocycles. The number of nitrogens with zero attached hydrogens (tertiary/aromatic N) is 2. The summed E-state index contributed by atoms with van der Waals surface area (Å²) in [5, 5.41) is 0. The Bertz CT molecular complexity index is 503. The van der Waals surface area contributed by atoms with Crippen LogP contribution in [0.5, 0.6) is 5.75 Å². The summed E-state index contributed by atoms with van der Waals surface area (Å²) in [4.78, 5) is 4.67. The molecule has 2 aromatic rings. The van der Waals surface area contributed by atoms with E-state index in [4.69, 9.17) is 4.74 Å². The lowest BCUT2D eigenvalue weighted by Gasteiger charge is -2.01. The van der Waals surface area contributed by atoms with E-state index in [-0.39, 0.29) is 0 Å². The van der Waals surface area contributed by atoms with E-state index in [0.717, 1.165) is 11.4 Å². The van der Waals surface area contributed by atoms with Crippen molar-refractivity contribution < 1.29 is 4.74 Å². The van der Waals surface area contributed by atoms with Crippen molar-refractivity contribution in [2.24, 2.45) is 0 Å². The molecular weight excluding hydrogens is 220 g/mol. The average molecular weight is 234 g/mol. The summed E-state index contributed by atoms with van der Waals surface area (Å²) in [5.74, 6) is 3.98. The molecule has 0 aliphatic carbocycles. The molecular formula is C12H14N2OS. The van der Waals surface area contributed by atoms with Crippen LogP contribution in [0.4, 0.5) is 0 Å². The monoisotopic (exact) mass is 234 g/mol. The van der Waals surface area contributed by atoms with Crippen LogP contribution >= 0.6 is 11.8 Å². The van der Waals surface area contributed by atoms with Gasteiger partial charge in [0.2, 0.25) is 0 Å². The summed E-state index contributed by atoms with van der Waals surface area (Å²) in [7, 11) is 1.68. The summed E-state index contributed by atoms with van der Waals surface area (Å²) in [6.07, 6.45) is 5.41. The third kappa shape index (κ3) is 1.67. The number of imidazole rings is 1. The van der Waals surface area contributed by atoms with Crippen molar-refractivity contribution in [1.82, 2.24) is 9.38 Å². The number of hydrogen-bond acceptors (Lipinski definition) is 3. The summed E-state index contributed by atoms with van der Waals surface area (Å²) in [6, 6.07) is 3.94. The molecule has 0 radical (unpaired) electrons. The van der Waals surface area contributed by atoms with E-state index in [9.17, 15) is 0 Å². The van der Waals surface area contributed by atoms with Gasteiger partial charge in [0.05, 0.1) is 12.8 Å². The Kier molecular flexibility index (Phi) is 2.52. The Morgan fingerprint density at radius 3 is 3.25 bits per heavy atom. The van der Waals surface area contributed by atoms with Gasteiger partial charge in [-0.3, -0.25) is 0 Å². The van der Waals surface area contributed by atoms with Gasteiger partial charge in [-0.05, 0) is 18.2 Å². The van der Waals surface area contributed by atoms with Gasteiger partial charge < -0.3 is 9.14 Å². The highest BCUT2D eigenvalue weighted by Gasteiger charge is 2.20. The van der Waals surface area contributed by atoms with E-state index in [1.165, 1.54) is 23.6 Å². The molecule has 1 aliphatic heterocycles. The smallest absolute Gasteiger partial charge is 0.140 e. The Morgan fingerprint density at radius 2 is 2.50 bits per heavy atom. The van der Waals surface area contributed by atoms with Gasteiger partial charge in [-0.15, -0.1) is 0 Å². The Morgan fingerprint density at radius 1 is 1.56 bits per heavy atom. The van der Waals surface area contributed by atoms with Crippen molar-refractivity contribution in [3.63, 3.8) is 0 Å². The molecule has 1 atom stereocenters. The van der Waals surface area contributed by atoms with E-state index in [2.05, 4.69) is 15.6 Å². The third-order valence-electron chi connectivity index (χ3n) is 3.03. The van der Waals surface area contributed by atoms with Crippen molar-refractivity contribution in [2.45, 2.75) is 12.3 Å². The molecule has 1 unspecified atom stereocenters. The van der Waals surface area contributed by atoms with E-state index in [1.54, 1.807) is 7.11 Å². The second-order valence-electron chi connectivity index (χ2n) is 4.06. The number of rotatable bonds is 2. The van der Waals surface area contributed by atoms with Crippen molar-refractivity contribution in [3.8, 4) is 5.75 Å². The van der Waals surface area contributed by atoms with Crippen molar-refractivity contribution in [2.75, 3.05) is 18.6 Å². The van der Waals surface area contributed by atoms with E-state index < -0.39 is 0 Å². The summed E-state index contributed by atoms with van der Waals surface area (Å²) in [5.41, 5.74) is 2.20. The zero-order valence-corrected chi connectivity index (χ0v) is 10.0. The van der Waals surface area contributed by atoms with Crippen molar-refractivity contribution in [3.05, 3.63) is 30.2 Å². The zero-order chi connectivity index (χ0) is 11.0. The molecule has 4 heteroatoms. The minimum Gasteiger partial charge on any atom is -0.497 e. The number of thioether (sulfide) groups is 1. The van der Waals surface area contributed by atoms with Crippen LogP contribution in [0.2, 0.25) is 0 Å². The predicted molar refractivity (Wildman–Crippen MR) is 66.4 cm³/mol. The van der Waals surface area contributed by atoms with Crippen molar-refractivity contribution >= 4 is 17.4 Å². The van der Waals surface area contributed by atoms with Crippen molar-refractivity contribution in [1.29, 1.82) is 0 Å². The first-order valence-corrected chi connectivity index (χ1v) is 6.62. The second kappa shape index (κ2) is 4.01. The molecule has 0 amide bonds. The quantitative estimate of drug-likeness (QED) is 0.799. The maximum atomic E-state index is 5.20. The molecule has 16 heavy (non-hydrogen) atoms. The molecule has 3 nitrogen and oxygen atoms in total. The van der Waals surface area contributed by atoms with Gasteiger partial charge in [0.15, 0.2) is 0 Å². The fourth-order valence-corrected chi connectivity index (χ4v) is 3.31. The lowest BCUT2D eigenvalue weighted by atomic mass is 10.1. The molecule has 0 N–H and O–H groups in total. The summed E-state index contributed by atoms with van der Waals surface area (Å²) < 4.78 is 7.27. The van der Waals surface area contributed by atoms with Crippen LogP contribution in [0.15, 0.2) is 24.5 Å². The first-order chi connectivity index (χ1) is 7.86. The molecule has 3 heterocycles. The fraction of sp³-hybridized carbons (Fsp3) is 0.417. The number of methoxy groups -OCH3 is 1. The van der Waals surface area contributed by atoms with E-state index in [1.807, 2.05) is 30.1 Å². The molecule has 0 spiro atoms. The molecule has 0 saturated carbocycles. The van der Waals surface area contributed by atoms with Crippen LogP contribution in [-0.2, 0) is 0 Å². The van der Waals surface area contributed by atoms with Crippen LogP contribution in [0, 0.1) is 0 Å². The normalized spacial score (nSPS) is 20.4. The van der Waals surface area contributed by atoms with Gasteiger partial charge in [-0.25, -0.2) is 4.98 Å². The van der Waals surface area contributed by atoms with Crippen LogP contribution in [-0.4, -0.2) is 28.0 Å². The first kappa shape index (κ1) is 10.0. The molecule has 0 aromatic carbocycles. The minimum atomic E-state index is 0.635. The lowest BCUT2D eigenvalue weighted by molar-refractivity contribution is 0.414. The summed E-state index contributed by atoms with van der Waals surface area (Å²) in [6.45, 7) is 0. The zero-order valence-electron chi connectivity index (χ0n) is 9.22. The Hall–Kier alpha value is -1.16. The van der Waals surface area contributed by atoms with Gasteiger partial charge in [-0.1, -0.05) is 0 Å². The van der Waals surface area contributed by atoms with Crippen LogP contribution in [0.1, 0.15) is 18.0 Å². The van der Waals surface area contributed by atoms with E-state index in [0.29, 0.717) is 5.92 Å². The Balaban J connectivity index is 2.01. The average Bonchev–Trinajstić information content (AvgIpc) is 2.96. The molecule has 3 rings (SSSR count). The second-order valence-corrected chi connectivity index (χ2v) is 5.21. The molecule has 1 saturated heterocycles. The van der Waals surface area contributed by atoms with Gasteiger partial charge in [-0.2, -0.15) is 11.8 Å². The number of hydrogen-bond donors (Lipinski definition) is 0. The third-order valence-corrected chi connectivity index (χ3v) is 4.20. The number of pyridine rings is 1. The highest BCUT2D eigenvalue weighted by Crippen LogP contribution is 2.32. The van der Waals surface area contributed by atoms with E-state index >= 15 is 0 Å². The largest absolute Gasteiger partial charge is 0.497 e. The predicted octanol–water partition coefficient (Wildman–Crippen LogP) is 2.56. The highest BCUT2D eigenvalue weighted by atomic mass is 32.2. The minimum absolute atomic E-state index is 0.635. The van der Waals surface area contributed by atoms with Crippen LogP contribution in [0.3, 0.4) is 0 Å². The SMILES string of the molecule is COc1ccn2cc(C3CCSC3)nc2c1. The van der Waals surface area contributed by atoms with Gasteiger partial charge in [0.1, 0.15) is 11.4 Å². The number of fused-ring (bicyclic) bond motifs is 1. The topological polar surface area (TPSA) is 26.5 Å². The first-order valence-electron chi connectivity index (χ1n) is 5.47. The molecule has 84 valence electrons. The highest BCUT2D eigenvalue weighted by molar-refractivity contribution is 7.99. The lowest BCUT2D eigenvalue weighted by Crippen LogP contribution is -1.95. The van der Waals surface area contributed by atoms with Crippen LogP contribution < -0.4 is 4.74 Å². The van der Waals surface area contributed by atoms with Crippen LogP contribution in [0.25, 0.3) is 5.65 Å². The van der Waals surface area contributed by atoms with Gasteiger partial charge >= 0.3 is 0 Å². The van der Waals surface area contributed by atoms with Gasteiger partial charge in [0, 0.05) is 30.1 Å². The Labute approximate surface area is 98.8 Å². The number of aromatic nitrogens is 2. The maximum absolute atomic E-state index is 5.20. The molecule has 1 fully saturated rings. The summed E-state index contributed by atoms with van der Waals surface area (Å²) >= 11 is 2.02. The molecule has 0 bridgehead atoms. The maximum Gasteiger partial charge on any atom is 0.140 e. The standard InChI is InChI=1S/C12H14N2OS/c1-15-10-2-4-14-7-11(13-12(14)6-10)9-3-5-16-8-9/h2,4,6-7,9H,3,5,8H2,1H3. The molecule has 1 aliphatic rings. The number of ether oxygens (including phenoxy) is 1. The van der Waals surface area contributed by atoms with Gasteiger partial charge in [0.25, 0.3) is 0 Å².